The number of hydrogen-bond donors (Lipinski definition) is 2. The quantitative estimate of drug-likeness (QED) is 0.551. The molecule has 33 heavy (non-hydrogen) atoms. The van der Waals surface area contributed by atoms with Gasteiger partial charge in [-0.05, 0) is 48.5 Å². The van der Waals surface area contributed by atoms with Gasteiger partial charge in [0.05, 0.1) is 26.9 Å². The molecule has 1 aliphatic rings. The third-order valence-corrected chi connectivity index (χ3v) is 5.91. The van der Waals surface area contributed by atoms with Crippen molar-refractivity contribution in [2.24, 2.45) is 0 Å². The molecule has 2 aromatic carbocycles. The largest absolute Gasteiger partial charge is 0.497 e. The number of pyridine rings is 1. The summed E-state index contributed by atoms with van der Waals surface area (Å²) in [4.78, 5) is 32.7. The molecule has 1 fully saturated rings. The number of ether oxygens (including phenoxy) is 2. The number of hydrogen-bond acceptors (Lipinski definition) is 5. The Hall–Kier alpha value is -3.07. The summed E-state index contributed by atoms with van der Waals surface area (Å²) in [6.07, 6.45) is 0. The predicted octanol–water partition coefficient (Wildman–Crippen LogP) is 3.56. The molecule has 1 aromatic heterocycles. The number of anilines is 1. The molecule has 1 aliphatic heterocycles. The Morgan fingerprint density at radius 3 is 2.67 bits per heavy atom. The van der Waals surface area contributed by atoms with Gasteiger partial charge in [-0.25, -0.2) is 4.79 Å². The van der Waals surface area contributed by atoms with Crippen LogP contribution in [0.3, 0.4) is 0 Å². The highest BCUT2D eigenvalue weighted by atomic mass is 35.5. The first kappa shape index (κ1) is 23.1. The van der Waals surface area contributed by atoms with Crippen molar-refractivity contribution in [1.82, 2.24) is 14.8 Å². The number of benzene rings is 2. The lowest BCUT2D eigenvalue weighted by atomic mass is 10.1. The van der Waals surface area contributed by atoms with E-state index in [2.05, 4.69) is 15.2 Å². The van der Waals surface area contributed by atoms with Crippen LogP contribution in [0.25, 0.3) is 10.9 Å². The molecule has 4 rings (SSSR count). The Kier molecular flexibility index (Phi) is 7.49. The molecule has 0 spiro atoms. The van der Waals surface area contributed by atoms with Crippen molar-refractivity contribution in [3.05, 3.63) is 69.5 Å². The van der Waals surface area contributed by atoms with Gasteiger partial charge in [0, 0.05) is 53.4 Å². The Labute approximate surface area is 197 Å². The van der Waals surface area contributed by atoms with Crippen LogP contribution in [0.4, 0.5) is 10.5 Å². The number of rotatable bonds is 7. The molecule has 0 radical (unpaired) electrons. The minimum absolute atomic E-state index is 0.173. The van der Waals surface area contributed by atoms with Crippen molar-refractivity contribution in [2.45, 2.75) is 6.54 Å². The average molecular weight is 471 g/mol. The molecule has 0 bridgehead atoms. The van der Waals surface area contributed by atoms with Gasteiger partial charge < -0.3 is 24.7 Å². The van der Waals surface area contributed by atoms with Gasteiger partial charge in [-0.1, -0.05) is 11.6 Å². The Morgan fingerprint density at radius 2 is 1.94 bits per heavy atom. The number of fused-ring (bicyclic) bond motifs is 1. The third kappa shape index (κ3) is 6.04. The number of aromatic amines is 1. The van der Waals surface area contributed by atoms with Gasteiger partial charge in [0.1, 0.15) is 5.75 Å². The molecule has 2 amide bonds. The molecule has 8 nitrogen and oxygen atoms in total. The maximum absolute atomic E-state index is 13.2. The first-order valence-corrected chi connectivity index (χ1v) is 11.2. The highest BCUT2D eigenvalue weighted by Gasteiger charge is 2.19. The minimum atomic E-state index is -0.282. The van der Waals surface area contributed by atoms with Crippen LogP contribution >= 0.6 is 11.6 Å². The molecule has 0 saturated carbocycles. The Balaban J connectivity index is 1.56. The number of H-pyrrole nitrogens is 1. The van der Waals surface area contributed by atoms with E-state index in [0.717, 1.165) is 24.0 Å². The van der Waals surface area contributed by atoms with Gasteiger partial charge in [0.25, 0.3) is 5.56 Å². The summed E-state index contributed by atoms with van der Waals surface area (Å²) >= 11 is 5.95. The molecular formula is C24H27ClN4O4. The smallest absolute Gasteiger partial charge is 0.322 e. The zero-order valence-electron chi connectivity index (χ0n) is 18.5. The molecule has 3 aromatic rings. The molecular weight excluding hydrogens is 444 g/mol. The van der Waals surface area contributed by atoms with Gasteiger partial charge in [0.2, 0.25) is 0 Å². The van der Waals surface area contributed by atoms with Crippen LogP contribution in [0.15, 0.2) is 53.3 Å². The van der Waals surface area contributed by atoms with Crippen LogP contribution in [-0.2, 0) is 11.3 Å². The maximum Gasteiger partial charge on any atom is 0.322 e. The number of morpholine rings is 1. The fraction of sp³-hybridized carbons (Fsp3) is 0.333. The predicted molar refractivity (Wildman–Crippen MR) is 129 cm³/mol. The van der Waals surface area contributed by atoms with Crippen molar-refractivity contribution >= 4 is 34.2 Å². The van der Waals surface area contributed by atoms with Crippen molar-refractivity contribution in [3.8, 4) is 5.75 Å². The Bertz CT molecular complexity index is 1160. The highest BCUT2D eigenvalue weighted by Crippen LogP contribution is 2.20. The van der Waals surface area contributed by atoms with Crippen LogP contribution in [-0.4, -0.2) is 67.3 Å². The van der Waals surface area contributed by atoms with E-state index >= 15 is 0 Å². The first-order chi connectivity index (χ1) is 16.0. The van der Waals surface area contributed by atoms with Crippen LogP contribution in [0.1, 0.15) is 5.56 Å². The monoisotopic (exact) mass is 470 g/mol. The van der Waals surface area contributed by atoms with Gasteiger partial charge in [-0.2, -0.15) is 0 Å². The molecule has 0 aliphatic carbocycles. The molecule has 9 heteroatoms. The highest BCUT2D eigenvalue weighted by molar-refractivity contribution is 6.30. The second kappa shape index (κ2) is 10.7. The van der Waals surface area contributed by atoms with Crippen LogP contribution in [0.5, 0.6) is 5.75 Å². The first-order valence-electron chi connectivity index (χ1n) is 10.8. The zero-order chi connectivity index (χ0) is 23.2. The SMILES string of the molecule is COc1ccc2[nH]c(=O)c(CN(CCN3CCOCC3)C(=O)Nc3ccc(Cl)cc3)cc2c1. The summed E-state index contributed by atoms with van der Waals surface area (Å²) in [7, 11) is 1.60. The number of methoxy groups -OCH3 is 1. The van der Waals surface area contributed by atoms with Gasteiger partial charge in [-0.3, -0.25) is 9.69 Å². The number of halogens is 1. The van der Waals surface area contributed by atoms with E-state index in [9.17, 15) is 9.59 Å². The van der Waals surface area contributed by atoms with Crippen molar-refractivity contribution in [1.29, 1.82) is 0 Å². The third-order valence-electron chi connectivity index (χ3n) is 5.66. The lowest BCUT2D eigenvalue weighted by Gasteiger charge is -2.30. The molecule has 174 valence electrons. The van der Waals surface area contributed by atoms with E-state index in [1.54, 1.807) is 42.3 Å². The molecule has 2 N–H and O–H groups in total. The second-order valence-electron chi connectivity index (χ2n) is 7.89. The fourth-order valence-electron chi connectivity index (χ4n) is 3.76. The summed E-state index contributed by atoms with van der Waals surface area (Å²) in [6, 6.07) is 13.9. The zero-order valence-corrected chi connectivity index (χ0v) is 19.2. The summed E-state index contributed by atoms with van der Waals surface area (Å²) in [5.74, 6) is 0.699. The fourth-order valence-corrected chi connectivity index (χ4v) is 3.88. The number of carbonyl (C=O) groups excluding carboxylic acids is 1. The van der Waals surface area contributed by atoms with Crippen molar-refractivity contribution < 1.29 is 14.3 Å². The average Bonchev–Trinajstić information content (AvgIpc) is 2.83. The standard InChI is InChI=1S/C24H27ClN4O4/c1-32-21-6-7-22-17(15-21)14-18(23(30)27-22)16-29(9-8-28-10-12-33-13-11-28)24(31)26-20-4-2-19(25)3-5-20/h2-7,14-15H,8-13,16H2,1H3,(H,26,31)(H,27,30). The molecule has 0 atom stereocenters. The minimum Gasteiger partial charge on any atom is -0.497 e. The number of nitrogens with zero attached hydrogens (tertiary/aromatic N) is 2. The van der Waals surface area contributed by atoms with Gasteiger partial charge in [0.15, 0.2) is 0 Å². The lowest BCUT2D eigenvalue weighted by Crippen LogP contribution is -2.44. The van der Waals surface area contributed by atoms with E-state index < -0.39 is 0 Å². The van der Waals surface area contributed by atoms with Gasteiger partial charge >= 0.3 is 6.03 Å². The molecule has 2 heterocycles. The number of nitrogens with one attached hydrogen (secondary N) is 2. The topological polar surface area (TPSA) is 86.9 Å². The van der Waals surface area contributed by atoms with E-state index in [1.807, 2.05) is 18.2 Å². The summed E-state index contributed by atoms with van der Waals surface area (Å²) in [6.45, 7) is 4.34. The van der Waals surface area contributed by atoms with E-state index in [1.165, 1.54) is 0 Å². The second-order valence-corrected chi connectivity index (χ2v) is 8.33. The van der Waals surface area contributed by atoms with Gasteiger partial charge in [-0.15, -0.1) is 0 Å². The Morgan fingerprint density at radius 1 is 1.18 bits per heavy atom. The van der Waals surface area contributed by atoms with Crippen LogP contribution < -0.4 is 15.6 Å². The number of urea groups is 1. The summed E-state index contributed by atoms with van der Waals surface area (Å²) in [5.41, 5.74) is 1.64. The summed E-state index contributed by atoms with van der Waals surface area (Å²) in [5, 5.41) is 4.34. The number of amides is 2. The summed E-state index contributed by atoms with van der Waals surface area (Å²) < 4.78 is 10.7. The maximum atomic E-state index is 13.2. The van der Waals surface area contributed by atoms with Crippen LogP contribution in [0, 0.1) is 0 Å². The normalized spacial score (nSPS) is 14.2. The van der Waals surface area contributed by atoms with Crippen molar-refractivity contribution in [2.75, 3.05) is 51.8 Å². The van der Waals surface area contributed by atoms with E-state index in [4.69, 9.17) is 21.1 Å². The lowest BCUT2D eigenvalue weighted by molar-refractivity contribution is 0.0349. The van der Waals surface area contributed by atoms with E-state index in [0.29, 0.717) is 48.3 Å². The number of aromatic nitrogens is 1. The molecule has 1 saturated heterocycles. The molecule has 0 unspecified atom stereocenters. The van der Waals surface area contributed by atoms with E-state index in [-0.39, 0.29) is 18.1 Å². The van der Waals surface area contributed by atoms with Crippen molar-refractivity contribution in [3.63, 3.8) is 0 Å². The number of carbonyl (C=O) groups is 1. The van der Waals surface area contributed by atoms with Crippen LogP contribution in [0.2, 0.25) is 5.02 Å².